The molecular formula is C14H10B2F6-2. The van der Waals surface area contributed by atoms with E-state index in [9.17, 15) is 25.9 Å². The molecule has 0 aliphatic carbocycles. The van der Waals surface area contributed by atoms with Gasteiger partial charge in [0.15, 0.2) is 0 Å². The highest BCUT2D eigenvalue weighted by Gasteiger charge is 2.39. The lowest BCUT2D eigenvalue weighted by Crippen LogP contribution is -2.28. The summed E-state index contributed by atoms with van der Waals surface area (Å²) in [4.78, 5) is 0. The molecule has 0 spiro atoms. The van der Waals surface area contributed by atoms with E-state index in [1.807, 2.05) is 0 Å². The molecule has 0 heterocycles. The Kier molecular flexibility index (Phi) is 4.39. The van der Waals surface area contributed by atoms with Gasteiger partial charge in [0.2, 0.25) is 0 Å². The van der Waals surface area contributed by atoms with Gasteiger partial charge in [-0.2, -0.15) is 0 Å². The van der Waals surface area contributed by atoms with Crippen LogP contribution >= 0.6 is 0 Å². The predicted octanol–water partition coefficient (Wildman–Crippen LogP) is 5.37. The first kappa shape index (κ1) is 16.3. The van der Waals surface area contributed by atoms with Gasteiger partial charge in [0.05, 0.1) is 0 Å². The lowest BCUT2D eigenvalue weighted by Gasteiger charge is -2.31. The van der Waals surface area contributed by atoms with Crippen molar-refractivity contribution < 1.29 is 25.9 Å². The lowest BCUT2D eigenvalue weighted by molar-refractivity contribution is 0.495. The molecule has 0 saturated heterocycles. The minimum Gasteiger partial charge on any atom is -0.445 e. The molecule has 2 aromatic carbocycles. The Morgan fingerprint density at radius 3 is 1.00 bits per heavy atom. The maximum absolute atomic E-state index is 13.4. The lowest BCUT2D eigenvalue weighted by atomic mass is 9.61. The molecule has 0 aliphatic rings. The first-order valence-electron chi connectivity index (χ1n) is 6.46. The molecule has 0 bridgehead atoms. The van der Waals surface area contributed by atoms with E-state index in [1.165, 1.54) is 36.4 Å². The molecule has 0 saturated carbocycles. The zero-order valence-corrected chi connectivity index (χ0v) is 11.2. The van der Waals surface area contributed by atoms with Gasteiger partial charge < -0.3 is 25.9 Å². The molecule has 0 nitrogen and oxygen atoms in total. The molecule has 2 rings (SSSR count). The highest BCUT2D eigenvalue weighted by atomic mass is 19.4. The average Bonchev–Trinajstić information content (AvgIpc) is 2.44. The van der Waals surface area contributed by atoms with Crippen LogP contribution in [-0.4, -0.2) is 14.0 Å². The van der Waals surface area contributed by atoms with Gasteiger partial charge in [0, 0.05) is 0 Å². The van der Waals surface area contributed by atoms with Crippen molar-refractivity contribution in [1.29, 1.82) is 0 Å². The molecule has 0 radical (unpaired) electrons. The monoisotopic (exact) mass is 314 g/mol. The quantitative estimate of drug-likeness (QED) is 0.404. The van der Waals surface area contributed by atoms with E-state index in [0.717, 1.165) is 24.3 Å². The number of hydrogen-bond acceptors (Lipinski definition) is 0. The second kappa shape index (κ2) is 5.94. The summed E-state index contributed by atoms with van der Waals surface area (Å²) in [5.74, 6) is 0. The van der Waals surface area contributed by atoms with E-state index in [4.69, 9.17) is 0 Å². The molecule has 0 N–H and O–H groups in total. The van der Waals surface area contributed by atoms with Crippen molar-refractivity contribution >= 4 is 24.9 Å². The summed E-state index contributed by atoms with van der Waals surface area (Å²) >= 11 is 0. The van der Waals surface area contributed by atoms with Gasteiger partial charge in [-0.15, -0.1) is 10.9 Å². The third-order valence-corrected chi connectivity index (χ3v) is 3.11. The van der Waals surface area contributed by atoms with Crippen LogP contribution in [-0.2, 0) is 0 Å². The standard InChI is InChI=1S/C14H10B2F6/c17-15(18,19)13(11-7-3-1-4-8-11)14(16(20,21)22)12-9-5-2-6-10-12/h1-10H/q-2/b14-13-. The molecule has 8 heteroatoms. The summed E-state index contributed by atoms with van der Waals surface area (Å²) in [6.45, 7) is -11.7. The van der Waals surface area contributed by atoms with Crippen molar-refractivity contribution in [3.63, 3.8) is 0 Å². The molecule has 0 aromatic heterocycles. The third-order valence-electron chi connectivity index (χ3n) is 3.11. The van der Waals surface area contributed by atoms with Crippen LogP contribution in [0.25, 0.3) is 10.9 Å². The van der Waals surface area contributed by atoms with E-state index in [1.54, 1.807) is 0 Å². The zero-order valence-electron chi connectivity index (χ0n) is 11.2. The van der Waals surface area contributed by atoms with Crippen LogP contribution in [0.15, 0.2) is 60.7 Å². The maximum atomic E-state index is 13.4. The van der Waals surface area contributed by atoms with E-state index in [0.29, 0.717) is 0 Å². The number of rotatable bonds is 4. The Balaban J connectivity index is 2.84. The summed E-state index contributed by atoms with van der Waals surface area (Å²) in [5.41, 5.74) is -4.15. The van der Waals surface area contributed by atoms with Gasteiger partial charge in [-0.3, -0.25) is 0 Å². The fraction of sp³-hybridized carbons (Fsp3) is 0. The Morgan fingerprint density at radius 1 is 0.500 bits per heavy atom. The largest absolute Gasteiger partial charge is 0.507 e. The molecule has 0 atom stereocenters. The Bertz CT molecular complexity index is 600. The first-order valence-corrected chi connectivity index (χ1v) is 6.46. The highest BCUT2D eigenvalue weighted by molar-refractivity contribution is 6.92. The fourth-order valence-corrected chi connectivity index (χ4v) is 2.28. The van der Waals surface area contributed by atoms with Crippen LogP contribution in [0, 0.1) is 0 Å². The van der Waals surface area contributed by atoms with Crippen LogP contribution in [0.3, 0.4) is 0 Å². The predicted molar refractivity (Wildman–Crippen MR) is 77.9 cm³/mol. The van der Waals surface area contributed by atoms with Gasteiger partial charge >= 0.3 is 14.0 Å². The van der Waals surface area contributed by atoms with Crippen molar-refractivity contribution in [2.75, 3.05) is 0 Å². The summed E-state index contributed by atoms with van der Waals surface area (Å²) < 4.78 is 80.3. The van der Waals surface area contributed by atoms with E-state index >= 15 is 0 Å². The van der Waals surface area contributed by atoms with Crippen LogP contribution in [0.2, 0.25) is 0 Å². The second-order valence-electron chi connectivity index (χ2n) is 4.71. The Hall–Kier alpha value is -2.11. The topological polar surface area (TPSA) is 0 Å². The molecule has 116 valence electrons. The van der Waals surface area contributed by atoms with Crippen molar-refractivity contribution in [1.82, 2.24) is 0 Å². The molecule has 0 aliphatic heterocycles. The molecular weight excluding hydrogens is 304 g/mol. The van der Waals surface area contributed by atoms with Crippen LogP contribution in [0.1, 0.15) is 11.1 Å². The van der Waals surface area contributed by atoms with Gasteiger partial charge in [-0.05, 0) is 0 Å². The maximum Gasteiger partial charge on any atom is 0.507 e. The highest BCUT2D eigenvalue weighted by Crippen LogP contribution is 2.42. The first-order chi connectivity index (χ1) is 10.2. The average molecular weight is 314 g/mol. The summed E-state index contributed by atoms with van der Waals surface area (Å²) in [7, 11) is 0. The minimum absolute atomic E-state index is 0.479. The third kappa shape index (κ3) is 3.55. The second-order valence-corrected chi connectivity index (χ2v) is 4.71. The Labute approximate surface area is 123 Å². The van der Waals surface area contributed by atoms with Gasteiger partial charge in [0.1, 0.15) is 0 Å². The smallest absolute Gasteiger partial charge is 0.445 e. The Morgan fingerprint density at radius 2 is 0.773 bits per heavy atom. The van der Waals surface area contributed by atoms with Crippen LogP contribution < -0.4 is 0 Å². The molecule has 22 heavy (non-hydrogen) atoms. The van der Waals surface area contributed by atoms with Gasteiger partial charge in [-0.25, -0.2) is 0 Å². The van der Waals surface area contributed by atoms with E-state index in [-0.39, 0.29) is 0 Å². The molecule has 0 amide bonds. The van der Waals surface area contributed by atoms with Crippen molar-refractivity contribution in [3.8, 4) is 0 Å². The molecule has 0 unspecified atom stereocenters. The normalized spacial score (nSPS) is 13.7. The molecule has 2 aromatic rings. The van der Waals surface area contributed by atoms with Gasteiger partial charge in [-0.1, -0.05) is 71.8 Å². The van der Waals surface area contributed by atoms with E-state index < -0.39 is 36.0 Å². The van der Waals surface area contributed by atoms with Crippen LogP contribution in [0.5, 0.6) is 0 Å². The summed E-state index contributed by atoms with van der Waals surface area (Å²) in [5, 5.41) is 0. The minimum atomic E-state index is -5.84. The van der Waals surface area contributed by atoms with E-state index in [2.05, 4.69) is 0 Å². The van der Waals surface area contributed by atoms with Crippen LogP contribution in [0.4, 0.5) is 25.9 Å². The SMILES string of the molecule is F[B-](F)(F)/C(=C(/c1ccccc1)[B-](F)(F)F)c1ccccc1. The summed E-state index contributed by atoms with van der Waals surface area (Å²) in [6.07, 6.45) is 0. The van der Waals surface area contributed by atoms with Gasteiger partial charge in [0.25, 0.3) is 0 Å². The van der Waals surface area contributed by atoms with Crippen molar-refractivity contribution in [3.05, 3.63) is 71.8 Å². The number of benzene rings is 2. The number of halogens is 6. The fourth-order valence-electron chi connectivity index (χ4n) is 2.28. The zero-order chi connectivity index (χ0) is 16.4. The van der Waals surface area contributed by atoms with Crippen molar-refractivity contribution in [2.24, 2.45) is 0 Å². The van der Waals surface area contributed by atoms with Crippen molar-refractivity contribution in [2.45, 2.75) is 0 Å². The number of hydrogen-bond donors (Lipinski definition) is 0. The molecule has 0 fully saturated rings. The summed E-state index contributed by atoms with van der Waals surface area (Å²) in [6, 6.07) is 12.2.